The number of rotatable bonds is 5. The van der Waals surface area contributed by atoms with E-state index < -0.39 is 0 Å². The van der Waals surface area contributed by atoms with Gasteiger partial charge in [0.15, 0.2) is 5.69 Å². The lowest BCUT2D eigenvalue weighted by Gasteiger charge is -2.33. The molecule has 144 valence electrons. The van der Waals surface area contributed by atoms with Crippen LogP contribution in [0.25, 0.3) is 0 Å². The molecule has 1 N–H and O–H groups in total. The van der Waals surface area contributed by atoms with E-state index in [0.29, 0.717) is 25.3 Å². The van der Waals surface area contributed by atoms with Crippen molar-refractivity contribution < 1.29 is 9.53 Å². The topological polar surface area (TPSA) is 85.2 Å². The number of pyridine rings is 1. The third kappa shape index (κ3) is 4.01. The van der Waals surface area contributed by atoms with Crippen LogP contribution in [0.4, 0.5) is 0 Å². The quantitative estimate of drug-likeness (QED) is 0.725. The highest BCUT2D eigenvalue weighted by Crippen LogP contribution is 2.21. The summed E-state index contributed by atoms with van der Waals surface area (Å²) in [5.74, 6) is 0.712. The number of nitrogens with one attached hydrogen (secondary N) is 1. The summed E-state index contributed by atoms with van der Waals surface area (Å²) >= 11 is 0. The maximum absolute atomic E-state index is 12.9. The van der Waals surface area contributed by atoms with Gasteiger partial charge in [0.2, 0.25) is 0 Å². The lowest BCUT2D eigenvalue weighted by molar-refractivity contribution is 0.0697. The van der Waals surface area contributed by atoms with E-state index in [9.17, 15) is 4.79 Å². The number of hydrogen-bond acceptors (Lipinski definition) is 6. The zero-order valence-electron chi connectivity index (χ0n) is 15.7. The largest absolute Gasteiger partial charge is 0.497 e. The summed E-state index contributed by atoms with van der Waals surface area (Å²) in [4.78, 5) is 19.0. The monoisotopic (exact) mass is 378 g/mol. The van der Waals surface area contributed by atoms with Crippen LogP contribution in [0.3, 0.4) is 0 Å². The molecule has 0 radical (unpaired) electrons. The van der Waals surface area contributed by atoms with Gasteiger partial charge in [-0.25, -0.2) is 4.68 Å². The Balaban J connectivity index is 1.42. The number of aromatic nitrogens is 4. The van der Waals surface area contributed by atoms with Crippen molar-refractivity contribution in [3.05, 3.63) is 71.8 Å². The molecule has 1 aromatic carbocycles. The molecule has 0 aliphatic carbocycles. The summed E-state index contributed by atoms with van der Waals surface area (Å²) in [6.45, 7) is 2.43. The van der Waals surface area contributed by atoms with Crippen LogP contribution in [0.5, 0.6) is 5.75 Å². The first kappa shape index (κ1) is 18.1. The number of benzene rings is 1. The van der Waals surface area contributed by atoms with Gasteiger partial charge in [0, 0.05) is 31.9 Å². The Hall–Kier alpha value is -3.26. The second-order valence-corrected chi connectivity index (χ2v) is 6.65. The van der Waals surface area contributed by atoms with Gasteiger partial charge in [-0.2, -0.15) is 0 Å². The molecular weight excluding hydrogens is 356 g/mol. The number of piperazine rings is 1. The molecule has 2 aromatic heterocycles. The van der Waals surface area contributed by atoms with Gasteiger partial charge < -0.3 is 15.0 Å². The Labute approximate surface area is 163 Å². The standard InChI is InChI=1S/C20H22N6O2/c1-28-17-7-5-15(6-8-17)18-13-25(11-10-22-18)20(27)19-14-26(24-23-19)12-16-4-2-3-9-21-16/h2-9,14,18,22H,10-13H2,1H3. The molecule has 1 amide bonds. The van der Waals surface area contributed by atoms with Crippen molar-refractivity contribution in [2.75, 3.05) is 26.7 Å². The summed E-state index contributed by atoms with van der Waals surface area (Å²) in [6, 6.07) is 13.7. The first-order chi connectivity index (χ1) is 13.7. The highest BCUT2D eigenvalue weighted by molar-refractivity contribution is 5.92. The fourth-order valence-corrected chi connectivity index (χ4v) is 3.29. The molecule has 1 aliphatic heterocycles. The number of methoxy groups -OCH3 is 1. The van der Waals surface area contributed by atoms with Crippen molar-refractivity contribution in [2.24, 2.45) is 0 Å². The molecule has 8 heteroatoms. The Morgan fingerprint density at radius 2 is 2.11 bits per heavy atom. The number of hydrogen-bond donors (Lipinski definition) is 1. The minimum atomic E-state index is -0.104. The average Bonchev–Trinajstić information content (AvgIpc) is 3.22. The van der Waals surface area contributed by atoms with Crippen LogP contribution in [0, 0.1) is 0 Å². The molecule has 8 nitrogen and oxygen atoms in total. The Kier molecular flexibility index (Phi) is 5.29. The van der Waals surface area contributed by atoms with Gasteiger partial charge in [0.1, 0.15) is 5.75 Å². The normalized spacial score (nSPS) is 16.8. The van der Waals surface area contributed by atoms with E-state index in [2.05, 4.69) is 20.6 Å². The smallest absolute Gasteiger partial charge is 0.276 e. The van der Waals surface area contributed by atoms with E-state index in [0.717, 1.165) is 23.6 Å². The van der Waals surface area contributed by atoms with E-state index in [-0.39, 0.29) is 11.9 Å². The lowest BCUT2D eigenvalue weighted by atomic mass is 10.0. The van der Waals surface area contributed by atoms with E-state index in [1.807, 2.05) is 47.4 Å². The van der Waals surface area contributed by atoms with E-state index >= 15 is 0 Å². The van der Waals surface area contributed by atoms with Gasteiger partial charge in [-0.05, 0) is 29.8 Å². The van der Waals surface area contributed by atoms with Crippen molar-refractivity contribution in [2.45, 2.75) is 12.6 Å². The van der Waals surface area contributed by atoms with Crippen molar-refractivity contribution in [3.8, 4) is 5.75 Å². The first-order valence-corrected chi connectivity index (χ1v) is 9.19. The van der Waals surface area contributed by atoms with Crippen LogP contribution in [0.2, 0.25) is 0 Å². The molecule has 0 bridgehead atoms. The molecular formula is C20H22N6O2. The molecule has 28 heavy (non-hydrogen) atoms. The molecule has 1 atom stereocenters. The summed E-state index contributed by atoms with van der Waals surface area (Å²) in [5, 5.41) is 11.6. The van der Waals surface area contributed by atoms with Gasteiger partial charge >= 0.3 is 0 Å². The molecule has 3 heterocycles. The van der Waals surface area contributed by atoms with E-state index in [1.54, 1.807) is 24.2 Å². The van der Waals surface area contributed by atoms with Crippen LogP contribution in [0.1, 0.15) is 27.8 Å². The number of nitrogens with zero attached hydrogens (tertiary/aromatic N) is 5. The fraction of sp³-hybridized carbons (Fsp3) is 0.300. The number of carbonyl (C=O) groups excluding carboxylic acids is 1. The van der Waals surface area contributed by atoms with Crippen LogP contribution in [-0.2, 0) is 6.54 Å². The molecule has 4 rings (SSSR count). The first-order valence-electron chi connectivity index (χ1n) is 9.19. The van der Waals surface area contributed by atoms with Crippen LogP contribution in [0.15, 0.2) is 54.9 Å². The Bertz CT molecular complexity index is 925. The zero-order chi connectivity index (χ0) is 19.3. The summed E-state index contributed by atoms with van der Waals surface area (Å²) in [7, 11) is 1.65. The van der Waals surface area contributed by atoms with Gasteiger partial charge in [0.05, 0.1) is 25.5 Å². The van der Waals surface area contributed by atoms with Crippen LogP contribution in [-0.4, -0.2) is 57.5 Å². The number of carbonyl (C=O) groups is 1. The minimum Gasteiger partial charge on any atom is -0.497 e. The minimum absolute atomic E-state index is 0.0761. The summed E-state index contributed by atoms with van der Waals surface area (Å²) in [6.07, 6.45) is 3.42. The zero-order valence-corrected chi connectivity index (χ0v) is 15.7. The SMILES string of the molecule is COc1ccc(C2CN(C(=O)c3cn(Cc4ccccn4)nn3)CCN2)cc1. The third-order valence-electron chi connectivity index (χ3n) is 4.79. The predicted molar refractivity (Wildman–Crippen MR) is 103 cm³/mol. The second-order valence-electron chi connectivity index (χ2n) is 6.65. The molecule has 1 fully saturated rings. The predicted octanol–water partition coefficient (Wildman–Crippen LogP) is 1.52. The van der Waals surface area contributed by atoms with Gasteiger partial charge in [-0.1, -0.05) is 23.4 Å². The van der Waals surface area contributed by atoms with Gasteiger partial charge in [-0.3, -0.25) is 9.78 Å². The van der Waals surface area contributed by atoms with Crippen LogP contribution >= 0.6 is 0 Å². The van der Waals surface area contributed by atoms with Crippen molar-refractivity contribution >= 4 is 5.91 Å². The second kappa shape index (κ2) is 8.18. The van der Waals surface area contributed by atoms with Crippen molar-refractivity contribution in [1.29, 1.82) is 0 Å². The summed E-state index contributed by atoms with van der Waals surface area (Å²) in [5.41, 5.74) is 2.34. The molecule has 1 unspecified atom stereocenters. The van der Waals surface area contributed by atoms with Crippen molar-refractivity contribution in [3.63, 3.8) is 0 Å². The van der Waals surface area contributed by atoms with Crippen LogP contribution < -0.4 is 10.1 Å². The third-order valence-corrected chi connectivity index (χ3v) is 4.79. The maximum Gasteiger partial charge on any atom is 0.276 e. The molecule has 1 saturated heterocycles. The maximum atomic E-state index is 12.9. The Morgan fingerprint density at radius 1 is 1.25 bits per heavy atom. The average molecular weight is 378 g/mol. The van der Waals surface area contributed by atoms with E-state index in [4.69, 9.17) is 4.74 Å². The van der Waals surface area contributed by atoms with E-state index in [1.165, 1.54) is 0 Å². The van der Waals surface area contributed by atoms with Crippen molar-refractivity contribution in [1.82, 2.24) is 30.2 Å². The molecule has 0 spiro atoms. The molecule has 1 aliphatic rings. The highest BCUT2D eigenvalue weighted by atomic mass is 16.5. The number of amides is 1. The van der Waals surface area contributed by atoms with Gasteiger partial charge in [-0.15, -0.1) is 5.10 Å². The summed E-state index contributed by atoms with van der Waals surface area (Å²) < 4.78 is 6.85. The highest BCUT2D eigenvalue weighted by Gasteiger charge is 2.26. The lowest BCUT2D eigenvalue weighted by Crippen LogP contribution is -2.48. The van der Waals surface area contributed by atoms with Gasteiger partial charge in [0.25, 0.3) is 5.91 Å². The fourth-order valence-electron chi connectivity index (χ4n) is 3.29. The Morgan fingerprint density at radius 3 is 2.86 bits per heavy atom. The molecule has 0 saturated carbocycles. The number of ether oxygens (including phenoxy) is 1. The molecule has 3 aromatic rings.